The van der Waals surface area contributed by atoms with Gasteiger partial charge in [-0.1, -0.05) is 18.2 Å². The zero-order chi connectivity index (χ0) is 16.2. The minimum atomic E-state index is -4.64. The molecule has 7 heteroatoms. The summed E-state index contributed by atoms with van der Waals surface area (Å²) in [5.41, 5.74) is 1.78. The summed E-state index contributed by atoms with van der Waals surface area (Å²) in [6.07, 6.45) is -3.69. The molecule has 2 aromatic rings. The average molecular weight is 312 g/mol. The second kappa shape index (κ2) is 6.46. The van der Waals surface area contributed by atoms with Crippen LogP contribution < -0.4 is 10.2 Å². The second-order valence-corrected chi connectivity index (χ2v) is 4.28. The van der Waals surface area contributed by atoms with E-state index in [-0.39, 0.29) is 5.56 Å². The van der Waals surface area contributed by atoms with Gasteiger partial charge in [0.25, 0.3) is 0 Å². The van der Waals surface area contributed by atoms with Crippen LogP contribution in [0, 0.1) is 5.82 Å². The number of hydrogen-bond acceptors (Lipinski definition) is 3. The minimum absolute atomic E-state index is 0.374. The largest absolute Gasteiger partial charge is 0.495 e. The van der Waals surface area contributed by atoms with Crippen molar-refractivity contribution in [2.24, 2.45) is 5.10 Å². The Morgan fingerprint density at radius 1 is 1.09 bits per heavy atom. The van der Waals surface area contributed by atoms with Crippen LogP contribution in [-0.4, -0.2) is 13.3 Å². The maximum atomic E-state index is 13.8. The number of hydrogen-bond donors (Lipinski definition) is 1. The van der Waals surface area contributed by atoms with Crippen molar-refractivity contribution >= 4 is 11.9 Å². The number of alkyl halides is 3. The van der Waals surface area contributed by atoms with E-state index in [2.05, 4.69) is 10.5 Å². The van der Waals surface area contributed by atoms with Crippen LogP contribution in [0.15, 0.2) is 47.6 Å². The first-order valence-electron chi connectivity index (χ1n) is 6.21. The molecule has 0 radical (unpaired) electrons. The standard InChI is InChI=1S/C15H12F4N2O/c1-22-14-11(9-20-21-10-5-3-2-4-6-10)13(16)8-7-12(14)15(17,18)19/h2-9,21H,1H3. The van der Waals surface area contributed by atoms with E-state index >= 15 is 0 Å². The summed E-state index contributed by atoms with van der Waals surface area (Å²) in [6, 6.07) is 10.1. The third kappa shape index (κ3) is 3.55. The zero-order valence-electron chi connectivity index (χ0n) is 11.5. The number of anilines is 1. The number of nitrogens with zero attached hydrogens (tertiary/aromatic N) is 1. The van der Waals surface area contributed by atoms with E-state index in [4.69, 9.17) is 4.74 Å². The number of ether oxygens (including phenoxy) is 1. The van der Waals surface area contributed by atoms with Gasteiger partial charge in [-0.15, -0.1) is 0 Å². The van der Waals surface area contributed by atoms with Gasteiger partial charge in [-0.05, 0) is 24.3 Å². The Hall–Kier alpha value is -2.57. The van der Waals surface area contributed by atoms with Gasteiger partial charge >= 0.3 is 6.18 Å². The summed E-state index contributed by atoms with van der Waals surface area (Å²) in [7, 11) is 1.05. The molecule has 0 aliphatic heterocycles. The molecule has 0 amide bonds. The van der Waals surface area contributed by atoms with Crippen molar-refractivity contribution < 1.29 is 22.3 Å². The monoisotopic (exact) mass is 312 g/mol. The van der Waals surface area contributed by atoms with Gasteiger partial charge in [0, 0.05) is 0 Å². The van der Waals surface area contributed by atoms with Crippen LogP contribution in [0.4, 0.5) is 23.2 Å². The minimum Gasteiger partial charge on any atom is -0.495 e. The number of benzene rings is 2. The Labute approximate surface area is 124 Å². The van der Waals surface area contributed by atoms with Gasteiger partial charge in [0.15, 0.2) is 0 Å². The van der Waals surface area contributed by atoms with Crippen molar-refractivity contribution in [3.05, 3.63) is 59.4 Å². The van der Waals surface area contributed by atoms with Gasteiger partial charge in [-0.25, -0.2) is 4.39 Å². The highest BCUT2D eigenvalue weighted by atomic mass is 19.4. The summed E-state index contributed by atoms with van der Waals surface area (Å²) < 4.78 is 57.1. The molecule has 0 aromatic heterocycles. The normalized spacial score (nSPS) is 11.7. The van der Waals surface area contributed by atoms with Gasteiger partial charge in [-0.2, -0.15) is 18.3 Å². The SMILES string of the molecule is COc1c(C(F)(F)F)ccc(F)c1C=NNc1ccccc1. The fourth-order valence-electron chi connectivity index (χ4n) is 1.82. The average Bonchev–Trinajstić information content (AvgIpc) is 2.48. The number of methoxy groups -OCH3 is 1. The van der Waals surface area contributed by atoms with Crippen LogP contribution in [-0.2, 0) is 6.18 Å². The first-order valence-corrected chi connectivity index (χ1v) is 6.21. The molecule has 0 fully saturated rings. The maximum absolute atomic E-state index is 13.8. The number of hydrazone groups is 1. The van der Waals surface area contributed by atoms with Crippen molar-refractivity contribution in [2.45, 2.75) is 6.18 Å². The van der Waals surface area contributed by atoms with Gasteiger partial charge in [0.05, 0.1) is 30.1 Å². The molecule has 0 saturated carbocycles. The van der Waals surface area contributed by atoms with E-state index in [1.807, 2.05) is 0 Å². The molecule has 0 saturated heterocycles. The van der Waals surface area contributed by atoms with Crippen LogP contribution in [0.5, 0.6) is 5.75 Å². The van der Waals surface area contributed by atoms with Gasteiger partial charge < -0.3 is 4.74 Å². The van der Waals surface area contributed by atoms with E-state index in [0.29, 0.717) is 11.8 Å². The molecule has 116 valence electrons. The Morgan fingerprint density at radius 3 is 2.36 bits per heavy atom. The highest BCUT2D eigenvalue weighted by Gasteiger charge is 2.35. The Kier molecular flexibility index (Phi) is 4.65. The number of halogens is 4. The predicted molar refractivity (Wildman–Crippen MR) is 75.6 cm³/mol. The molecule has 0 aliphatic carbocycles. The number of rotatable bonds is 4. The van der Waals surface area contributed by atoms with Crippen LogP contribution >= 0.6 is 0 Å². The van der Waals surface area contributed by atoms with E-state index in [1.54, 1.807) is 30.3 Å². The summed E-state index contributed by atoms with van der Waals surface area (Å²) >= 11 is 0. The molecular weight excluding hydrogens is 300 g/mol. The fourth-order valence-corrected chi connectivity index (χ4v) is 1.82. The van der Waals surface area contributed by atoms with Crippen LogP contribution in [0.25, 0.3) is 0 Å². The Bertz CT molecular complexity index is 669. The molecule has 22 heavy (non-hydrogen) atoms. The molecule has 0 aliphatic rings. The van der Waals surface area contributed by atoms with E-state index in [0.717, 1.165) is 19.4 Å². The zero-order valence-corrected chi connectivity index (χ0v) is 11.5. The first kappa shape index (κ1) is 15.8. The van der Waals surface area contributed by atoms with E-state index in [9.17, 15) is 17.6 Å². The molecule has 2 rings (SSSR count). The lowest BCUT2D eigenvalue weighted by atomic mass is 10.1. The molecule has 0 heterocycles. The molecule has 3 nitrogen and oxygen atoms in total. The van der Waals surface area contributed by atoms with Crippen molar-refractivity contribution in [3.63, 3.8) is 0 Å². The Morgan fingerprint density at radius 2 is 1.77 bits per heavy atom. The van der Waals surface area contributed by atoms with Gasteiger partial charge in [0.2, 0.25) is 0 Å². The smallest absolute Gasteiger partial charge is 0.419 e. The van der Waals surface area contributed by atoms with Gasteiger partial charge in [-0.3, -0.25) is 5.43 Å². The quantitative estimate of drug-likeness (QED) is 0.519. The number of para-hydroxylation sites is 1. The molecule has 2 aromatic carbocycles. The third-order valence-electron chi connectivity index (χ3n) is 2.81. The molecule has 0 bridgehead atoms. The molecule has 0 unspecified atom stereocenters. The summed E-state index contributed by atoms with van der Waals surface area (Å²) in [5, 5.41) is 3.74. The van der Waals surface area contributed by atoms with Gasteiger partial charge in [0.1, 0.15) is 11.6 Å². The first-order chi connectivity index (χ1) is 10.4. The Balaban J connectivity index is 2.34. The fraction of sp³-hybridized carbons (Fsp3) is 0.133. The lowest BCUT2D eigenvalue weighted by molar-refractivity contribution is -0.138. The molecule has 1 N–H and O–H groups in total. The summed E-state index contributed by atoms with van der Waals surface area (Å²) in [5.74, 6) is -1.46. The summed E-state index contributed by atoms with van der Waals surface area (Å²) in [6.45, 7) is 0. The summed E-state index contributed by atoms with van der Waals surface area (Å²) in [4.78, 5) is 0. The van der Waals surface area contributed by atoms with E-state index in [1.165, 1.54) is 0 Å². The van der Waals surface area contributed by atoms with Crippen LogP contribution in [0.3, 0.4) is 0 Å². The van der Waals surface area contributed by atoms with Crippen molar-refractivity contribution in [1.29, 1.82) is 0 Å². The van der Waals surface area contributed by atoms with Crippen molar-refractivity contribution in [2.75, 3.05) is 12.5 Å². The highest BCUT2D eigenvalue weighted by molar-refractivity contribution is 5.85. The van der Waals surface area contributed by atoms with Crippen LogP contribution in [0.2, 0.25) is 0 Å². The topological polar surface area (TPSA) is 33.6 Å². The van der Waals surface area contributed by atoms with Crippen molar-refractivity contribution in [1.82, 2.24) is 0 Å². The third-order valence-corrected chi connectivity index (χ3v) is 2.81. The second-order valence-electron chi connectivity index (χ2n) is 4.28. The lowest BCUT2D eigenvalue weighted by Gasteiger charge is -2.14. The number of nitrogens with one attached hydrogen (secondary N) is 1. The lowest BCUT2D eigenvalue weighted by Crippen LogP contribution is -2.10. The highest BCUT2D eigenvalue weighted by Crippen LogP contribution is 2.38. The van der Waals surface area contributed by atoms with Crippen molar-refractivity contribution in [3.8, 4) is 5.75 Å². The molecule has 0 spiro atoms. The maximum Gasteiger partial charge on any atom is 0.419 e. The molecular formula is C15H12F4N2O. The van der Waals surface area contributed by atoms with E-state index < -0.39 is 23.3 Å². The molecule has 0 atom stereocenters. The van der Waals surface area contributed by atoms with Crippen LogP contribution in [0.1, 0.15) is 11.1 Å². The predicted octanol–water partition coefficient (Wildman–Crippen LogP) is 4.30.